The van der Waals surface area contributed by atoms with Gasteiger partial charge in [-0.1, -0.05) is 12.1 Å². The van der Waals surface area contributed by atoms with E-state index in [1.807, 2.05) is 28.8 Å². The van der Waals surface area contributed by atoms with Gasteiger partial charge in [-0.25, -0.2) is 0 Å². The number of carbonyl (C=O) groups is 1. The Bertz CT molecular complexity index is 873. The first-order valence-electron chi connectivity index (χ1n) is 9.03. The summed E-state index contributed by atoms with van der Waals surface area (Å²) in [6, 6.07) is 11.4. The molecule has 1 aromatic carbocycles. The van der Waals surface area contributed by atoms with Gasteiger partial charge in [0.25, 0.3) is 11.5 Å². The van der Waals surface area contributed by atoms with Gasteiger partial charge in [0.15, 0.2) is 6.61 Å². The normalized spacial score (nSPS) is 21.0. The molecule has 1 saturated heterocycles. The number of piperidine rings is 1. The van der Waals surface area contributed by atoms with Gasteiger partial charge < -0.3 is 19.9 Å². The Hall–Kier alpha value is -2.60. The number of amides is 1. The molecule has 0 radical (unpaired) electrons. The quantitative estimate of drug-likeness (QED) is 0.870. The van der Waals surface area contributed by atoms with E-state index in [4.69, 9.17) is 4.74 Å². The summed E-state index contributed by atoms with van der Waals surface area (Å²) in [4.78, 5) is 23.9. The van der Waals surface area contributed by atoms with Crippen molar-refractivity contribution in [2.45, 2.75) is 18.9 Å². The first kappa shape index (κ1) is 16.8. The van der Waals surface area contributed by atoms with Crippen LogP contribution in [0.25, 0.3) is 11.1 Å². The van der Waals surface area contributed by atoms with Crippen LogP contribution in [0.2, 0.25) is 0 Å². The molecule has 2 aromatic rings. The van der Waals surface area contributed by atoms with E-state index >= 15 is 0 Å². The van der Waals surface area contributed by atoms with Crippen LogP contribution in [0.4, 0.5) is 0 Å². The molecule has 1 fully saturated rings. The monoisotopic (exact) mass is 353 g/mol. The second-order valence-electron chi connectivity index (χ2n) is 7.06. The number of pyridine rings is 1. The minimum absolute atomic E-state index is 0.00805. The Labute approximate surface area is 152 Å². The lowest BCUT2D eigenvalue weighted by Crippen LogP contribution is -2.44. The molecule has 136 valence electrons. The number of nitrogens with zero attached hydrogens (tertiary/aromatic N) is 1. The van der Waals surface area contributed by atoms with E-state index in [2.05, 4.69) is 16.7 Å². The van der Waals surface area contributed by atoms with E-state index < -0.39 is 0 Å². The van der Waals surface area contributed by atoms with Crippen molar-refractivity contribution in [3.8, 4) is 16.9 Å². The number of nitrogens with one attached hydrogen (secondary N) is 2. The van der Waals surface area contributed by atoms with Crippen LogP contribution in [0.1, 0.15) is 18.0 Å². The first-order valence-corrected chi connectivity index (χ1v) is 9.03. The predicted molar refractivity (Wildman–Crippen MR) is 99.4 cm³/mol. The first-order chi connectivity index (χ1) is 12.6. The maximum Gasteiger partial charge on any atom is 0.257 e. The summed E-state index contributed by atoms with van der Waals surface area (Å²) in [6.07, 6.45) is 1.15. The topological polar surface area (TPSA) is 72.4 Å². The Balaban J connectivity index is 1.59. The number of fused-ring (bicyclic) bond motifs is 4. The van der Waals surface area contributed by atoms with Crippen molar-refractivity contribution < 1.29 is 9.53 Å². The van der Waals surface area contributed by atoms with Gasteiger partial charge in [-0.05, 0) is 48.2 Å². The molecular weight excluding hydrogens is 330 g/mol. The molecule has 6 heteroatoms. The zero-order chi connectivity index (χ0) is 18.1. The van der Waals surface area contributed by atoms with Crippen LogP contribution >= 0.6 is 0 Å². The van der Waals surface area contributed by atoms with E-state index in [0.29, 0.717) is 17.6 Å². The predicted octanol–water partition coefficient (Wildman–Crippen LogP) is 1.35. The van der Waals surface area contributed by atoms with E-state index in [-0.39, 0.29) is 18.1 Å². The smallest absolute Gasteiger partial charge is 0.257 e. The van der Waals surface area contributed by atoms with Gasteiger partial charge >= 0.3 is 0 Å². The Kier molecular flexibility index (Phi) is 4.51. The van der Waals surface area contributed by atoms with Crippen molar-refractivity contribution in [2.75, 3.05) is 26.7 Å². The van der Waals surface area contributed by atoms with Gasteiger partial charge in [-0.3, -0.25) is 9.59 Å². The lowest BCUT2D eigenvalue weighted by Gasteiger charge is -2.37. The average molecular weight is 353 g/mol. The number of benzene rings is 1. The SMILES string of the molecule is CNC(=O)COc1ccc(-c2cc3n(c(=O)c2)C[C@@H]2CNC[C@H]3C2)cc1. The summed E-state index contributed by atoms with van der Waals surface area (Å²) in [5, 5.41) is 6.00. The van der Waals surface area contributed by atoms with Gasteiger partial charge in [0.1, 0.15) is 5.75 Å². The summed E-state index contributed by atoms with van der Waals surface area (Å²) in [5.74, 6) is 1.43. The van der Waals surface area contributed by atoms with Gasteiger partial charge in [0.05, 0.1) is 0 Å². The zero-order valence-corrected chi connectivity index (χ0v) is 14.8. The van der Waals surface area contributed by atoms with Crippen molar-refractivity contribution >= 4 is 5.91 Å². The van der Waals surface area contributed by atoms with E-state index in [1.165, 1.54) is 0 Å². The van der Waals surface area contributed by atoms with Crippen LogP contribution in [0, 0.1) is 5.92 Å². The van der Waals surface area contributed by atoms with E-state index in [0.717, 1.165) is 42.9 Å². The van der Waals surface area contributed by atoms with Crippen molar-refractivity contribution in [3.05, 3.63) is 52.4 Å². The van der Waals surface area contributed by atoms with Gasteiger partial charge in [0, 0.05) is 37.8 Å². The fourth-order valence-electron chi connectivity index (χ4n) is 3.94. The lowest BCUT2D eigenvalue weighted by molar-refractivity contribution is -0.122. The Morgan fingerprint density at radius 3 is 2.81 bits per heavy atom. The second kappa shape index (κ2) is 6.96. The molecule has 1 amide bonds. The fraction of sp³-hybridized carbons (Fsp3) is 0.400. The molecule has 2 atom stereocenters. The number of carbonyl (C=O) groups excluding carboxylic acids is 1. The largest absolute Gasteiger partial charge is 0.484 e. The zero-order valence-electron chi connectivity index (χ0n) is 14.8. The fourth-order valence-corrected chi connectivity index (χ4v) is 3.94. The van der Waals surface area contributed by atoms with Gasteiger partial charge in [-0.15, -0.1) is 0 Å². The molecule has 2 N–H and O–H groups in total. The van der Waals surface area contributed by atoms with Crippen molar-refractivity contribution in [1.82, 2.24) is 15.2 Å². The van der Waals surface area contributed by atoms with Crippen LogP contribution in [0.3, 0.4) is 0 Å². The third kappa shape index (κ3) is 3.24. The number of hydrogen-bond donors (Lipinski definition) is 2. The molecule has 2 aliphatic rings. The molecule has 2 bridgehead atoms. The van der Waals surface area contributed by atoms with Crippen LogP contribution in [-0.2, 0) is 11.3 Å². The molecule has 6 nitrogen and oxygen atoms in total. The number of rotatable bonds is 4. The summed E-state index contributed by atoms with van der Waals surface area (Å²) >= 11 is 0. The molecule has 1 aromatic heterocycles. The van der Waals surface area contributed by atoms with Crippen molar-refractivity contribution in [2.24, 2.45) is 5.92 Å². The average Bonchev–Trinajstić information content (AvgIpc) is 2.67. The Morgan fingerprint density at radius 1 is 1.23 bits per heavy atom. The van der Waals surface area contributed by atoms with Crippen LogP contribution in [0.5, 0.6) is 5.75 Å². The highest BCUT2D eigenvalue weighted by molar-refractivity contribution is 5.77. The summed E-state index contributed by atoms with van der Waals surface area (Å²) < 4.78 is 7.38. The number of hydrogen-bond acceptors (Lipinski definition) is 4. The van der Waals surface area contributed by atoms with Crippen molar-refractivity contribution in [3.63, 3.8) is 0 Å². The van der Waals surface area contributed by atoms with Crippen LogP contribution in [0.15, 0.2) is 41.2 Å². The minimum Gasteiger partial charge on any atom is -0.484 e. The molecule has 0 spiro atoms. The molecule has 4 rings (SSSR count). The highest BCUT2D eigenvalue weighted by atomic mass is 16.5. The van der Waals surface area contributed by atoms with Gasteiger partial charge in [-0.2, -0.15) is 0 Å². The molecule has 0 unspecified atom stereocenters. The maximum absolute atomic E-state index is 12.6. The molecule has 0 saturated carbocycles. The molecule has 3 heterocycles. The minimum atomic E-state index is -0.170. The van der Waals surface area contributed by atoms with Crippen molar-refractivity contribution in [1.29, 1.82) is 0 Å². The van der Waals surface area contributed by atoms with E-state index in [1.54, 1.807) is 13.1 Å². The summed E-state index contributed by atoms with van der Waals surface area (Å²) in [7, 11) is 1.58. The number of aromatic nitrogens is 1. The number of ether oxygens (including phenoxy) is 1. The van der Waals surface area contributed by atoms with Crippen LogP contribution < -0.4 is 20.9 Å². The van der Waals surface area contributed by atoms with Crippen LogP contribution in [-0.4, -0.2) is 37.2 Å². The Morgan fingerprint density at radius 2 is 2.04 bits per heavy atom. The maximum atomic E-state index is 12.6. The molecule has 2 aliphatic heterocycles. The molecule has 26 heavy (non-hydrogen) atoms. The number of likely N-dealkylation sites (N-methyl/N-ethyl adjacent to an activating group) is 1. The van der Waals surface area contributed by atoms with E-state index in [9.17, 15) is 9.59 Å². The third-order valence-electron chi connectivity index (χ3n) is 5.30. The molecule has 0 aliphatic carbocycles. The second-order valence-corrected chi connectivity index (χ2v) is 7.06. The van der Waals surface area contributed by atoms with Gasteiger partial charge in [0.2, 0.25) is 0 Å². The highest BCUT2D eigenvalue weighted by Gasteiger charge is 2.31. The lowest BCUT2D eigenvalue weighted by atomic mass is 9.83. The highest BCUT2D eigenvalue weighted by Crippen LogP contribution is 2.33. The standard InChI is InChI=1S/C20H23N3O3/c1-21-19(24)12-26-17-4-2-14(3-5-17)15-7-18-16-6-13(9-22-10-16)11-23(18)20(25)8-15/h2-5,7-8,13,16,22H,6,9-12H2,1H3,(H,21,24)/t13-,16+/m0/s1. The summed E-state index contributed by atoms with van der Waals surface area (Å²) in [5.41, 5.74) is 3.12. The third-order valence-corrected chi connectivity index (χ3v) is 5.30. The molecular formula is C20H23N3O3. The summed E-state index contributed by atoms with van der Waals surface area (Å²) in [6.45, 7) is 2.74.